The van der Waals surface area contributed by atoms with Gasteiger partial charge >= 0.3 is 0 Å². The molecule has 0 aromatic heterocycles. The zero-order valence-corrected chi connectivity index (χ0v) is 25.2. The summed E-state index contributed by atoms with van der Waals surface area (Å²) >= 11 is 0. The number of ether oxygens (including phenoxy) is 3. The zero-order valence-electron chi connectivity index (χ0n) is 24.2. The molecule has 0 amide bonds. The van der Waals surface area contributed by atoms with Crippen LogP contribution in [0.5, 0.6) is 0 Å². The van der Waals surface area contributed by atoms with Gasteiger partial charge in [0.2, 0.25) is 0 Å². The maximum atomic E-state index is 6.72. The SMILES string of the molecule is CC(C)C(C)(C)[Si](C)(C)OCCC[C@]1(C)[C@H]2O[C@H]2C[C@@H]2[C@@]3(C)CCOC(C)(C)O[C@@H]3CC[C@]21C. The Balaban J connectivity index is 1.49. The molecule has 198 valence electrons. The van der Waals surface area contributed by atoms with Gasteiger partial charge in [-0.05, 0) is 93.2 Å². The molecule has 2 aliphatic heterocycles. The number of fused-ring (bicyclic) bond motifs is 4. The van der Waals surface area contributed by atoms with Gasteiger partial charge < -0.3 is 18.6 Å². The highest BCUT2D eigenvalue weighted by atomic mass is 28.4. The molecule has 2 saturated heterocycles. The summed E-state index contributed by atoms with van der Waals surface area (Å²) in [5, 5.41) is 0.270. The molecule has 0 unspecified atom stereocenters. The minimum absolute atomic E-state index is 0.144. The average molecular weight is 495 g/mol. The Hall–Kier alpha value is 0.0569. The van der Waals surface area contributed by atoms with Crippen LogP contribution in [-0.4, -0.2) is 45.6 Å². The first-order valence-electron chi connectivity index (χ1n) is 14.1. The van der Waals surface area contributed by atoms with Crippen LogP contribution in [-0.2, 0) is 18.6 Å². The number of hydrogen-bond donors (Lipinski definition) is 0. The van der Waals surface area contributed by atoms with Crippen molar-refractivity contribution in [1.29, 1.82) is 0 Å². The second kappa shape index (κ2) is 8.54. The predicted octanol–water partition coefficient (Wildman–Crippen LogP) is 7.57. The third kappa shape index (κ3) is 4.18. The standard InChI is InChI=1S/C29H54O4Si/c1-20(2)25(3,4)34(10,11)31-17-12-14-29(9)24-21(32-24)19-22-27(7)16-18-30-26(5,6)33-23(27)13-15-28(22,29)8/h20-24H,12-19H2,1-11H3/t21-,22+,23+,24-,27+,28+,29+/m0/s1. The first kappa shape index (κ1) is 27.1. The molecule has 7 atom stereocenters. The van der Waals surface area contributed by atoms with Gasteiger partial charge in [0.1, 0.15) is 0 Å². The van der Waals surface area contributed by atoms with E-state index in [1.54, 1.807) is 0 Å². The first-order valence-corrected chi connectivity index (χ1v) is 17.0. The molecule has 4 rings (SSSR count). The number of rotatable bonds is 7. The highest BCUT2D eigenvalue weighted by molar-refractivity contribution is 6.74. The fourth-order valence-electron chi connectivity index (χ4n) is 8.04. The Kier molecular flexibility index (Phi) is 6.81. The molecule has 0 aromatic rings. The van der Waals surface area contributed by atoms with Gasteiger partial charge in [0, 0.05) is 12.0 Å². The molecule has 4 aliphatic rings. The second-order valence-electron chi connectivity index (χ2n) is 14.7. The van der Waals surface area contributed by atoms with E-state index in [-0.39, 0.29) is 27.4 Å². The van der Waals surface area contributed by atoms with E-state index in [2.05, 4.69) is 75.4 Å². The molecule has 5 heteroatoms. The van der Waals surface area contributed by atoms with Crippen molar-refractivity contribution >= 4 is 8.32 Å². The summed E-state index contributed by atoms with van der Waals surface area (Å²) in [6, 6.07) is 0. The van der Waals surface area contributed by atoms with Crippen molar-refractivity contribution in [3.63, 3.8) is 0 Å². The Morgan fingerprint density at radius 1 is 1.06 bits per heavy atom. The van der Waals surface area contributed by atoms with Crippen LogP contribution in [0.15, 0.2) is 0 Å². The largest absolute Gasteiger partial charge is 0.417 e. The van der Waals surface area contributed by atoms with Crippen molar-refractivity contribution in [3.8, 4) is 0 Å². The second-order valence-corrected chi connectivity index (χ2v) is 19.3. The summed E-state index contributed by atoms with van der Waals surface area (Å²) in [7, 11) is -1.78. The summed E-state index contributed by atoms with van der Waals surface area (Å²) in [6.45, 7) is 27.8. The highest BCUT2D eigenvalue weighted by Crippen LogP contribution is 2.71. The molecule has 2 heterocycles. The lowest BCUT2D eigenvalue weighted by Crippen LogP contribution is -2.61. The van der Waals surface area contributed by atoms with E-state index in [1.165, 1.54) is 19.3 Å². The normalized spacial score (nSPS) is 44.1. The van der Waals surface area contributed by atoms with Gasteiger partial charge in [-0.15, -0.1) is 0 Å². The van der Waals surface area contributed by atoms with Crippen molar-refractivity contribution in [2.24, 2.45) is 28.1 Å². The minimum atomic E-state index is -1.78. The Morgan fingerprint density at radius 2 is 1.74 bits per heavy atom. The molecule has 0 radical (unpaired) electrons. The molecule has 0 N–H and O–H groups in total. The van der Waals surface area contributed by atoms with Crippen LogP contribution < -0.4 is 0 Å². The summed E-state index contributed by atoms with van der Waals surface area (Å²) in [5.41, 5.74) is 0.601. The quantitative estimate of drug-likeness (QED) is 0.208. The summed E-state index contributed by atoms with van der Waals surface area (Å²) in [6.07, 6.45) is 8.07. The summed E-state index contributed by atoms with van der Waals surface area (Å²) in [4.78, 5) is 0. The van der Waals surface area contributed by atoms with Gasteiger partial charge in [-0.2, -0.15) is 0 Å². The molecular weight excluding hydrogens is 440 g/mol. The molecule has 0 aromatic carbocycles. The summed E-state index contributed by atoms with van der Waals surface area (Å²) in [5.74, 6) is 0.762. The van der Waals surface area contributed by atoms with Crippen molar-refractivity contribution in [1.82, 2.24) is 0 Å². The topological polar surface area (TPSA) is 40.2 Å². The van der Waals surface area contributed by atoms with Crippen LogP contribution in [0, 0.1) is 28.1 Å². The van der Waals surface area contributed by atoms with E-state index in [4.69, 9.17) is 18.6 Å². The molecule has 4 fully saturated rings. The molecule has 2 saturated carbocycles. The van der Waals surface area contributed by atoms with E-state index in [1.807, 2.05) is 0 Å². The number of epoxide rings is 1. The monoisotopic (exact) mass is 494 g/mol. The average Bonchev–Trinajstić information content (AvgIpc) is 3.51. The molecular formula is C29H54O4Si. The van der Waals surface area contributed by atoms with Crippen LogP contribution in [0.4, 0.5) is 0 Å². The fourth-order valence-corrected chi connectivity index (χ4v) is 10.5. The zero-order chi connectivity index (χ0) is 25.4. The van der Waals surface area contributed by atoms with Crippen LogP contribution >= 0.6 is 0 Å². The Labute approximate surface area is 211 Å². The van der Waals surface area contributed by atoms with E-state index >= 15 is 0 Å². The van der Waals surface area contributed by atoms with E-state index in [9.17, 15) is 0 Å². The van der Waals surface area contributed by atoms with Crippen molar-refractivity contribution in [2.75, 3.05) is 13.2 Å². The molecule has 34 heavy (non-hydrogen) atoms. The maximum Gasteiger partial charge on any atom is 0.192 e. The van der Waals surface area contributed by atoms with Crippen LogP contribution in [0.3, 0.4) is 0 Å². The van der Waals surface area contributed by atoms with E-state index < -0.39 is 14.1 Å². The van der Waals surface area contributed by atoms with Crippen LogP contribution in [0.25, 0.3) is 0 Å². The maximum absolute atomic E-state index is 6.72. The van der Waals surface area contributed by atoms with Crippen LogP contribution in [0.2, 0.25) is 18.1 Å². The predicted molar refractivity (Wildman–Crippen MR) is 141 cm³/mol. The Bertz CT molecular complexity index is 763. The first-order chi connectivity index (χ1) is 15.5. The fraction of sp³-hybridized carbons (Fsp3) is 1.00. The van der Waals surface area contributed by atoms with Crippen LogP contribution in [0.1, 0.15) is 101 Å². The lowest BCUT2D eigenvalue weighted by atomic mass is 9.41. The lowest BCUT2D eigenvalue weighted by Gasteiger charge is -2.63. The van der Waals surface area contributed by atoms with Crippen molar-refractivity contribution < 1.29 is 18.6 Å². The van der Waals surface area contributed by atoms with Gasteiger partial charge in [-0.3, -0.25) is 0 Å². The van der Waals surface area contributed by atoms with E-state index in [0.717, 1.165) is 32.5 Å². The smallest absolute Gasteiger partial charge is 0.192 e. The van der Waals surface area contributed by atoms with E-state index in [0.29, 0.717) is 24.0 Å². The van der Waals surface area contributed by atoms with Crippen molar-refractivity contribution in [3.05, 3.63) is 0 Å². The molecule has 0 bridgehead atoms. The lowest BCUT2D eigenvalue weighted by molar-refractivity contribution is -0.257. The summed E-state index contributed by atoms with van der Waals surface area (Å²) < 4.78 is 25.9. The molecule has 4 nitrogen and oxygen atoms in total. The Morgan fingerprint density at radius 3 is 2.38 bits per heavy atom. The minimum Gasteiger partial charge on any atom is -0.417 e. The highest BCUT2D eigenvalue weighted by Gasteiger charge is 2.71. The number of hydrogen-bond acceptors (Lipinski definition) is 4. The molecule has 2 aliphatic carbocycles. The van der Waals surface area contributed by atoms with Gasteiger partial charge in [-0.25, -0.2) is 0 Å². The van der Waals surface area contributed by atoms with Crippen molar-refractivity contribution in [2.45, 2.75) is 143 Å². The van der Waals surface area contributed by atoms with Gasteiger partial charge in [0.25, 0.3) is 0 Å². The third-order valence-electron chi connectivity index (χ3n) is 12.0. The van der Waals surface area contributed by atoms with Gasteiger partial charge in [-0.1, -0.05) is 48.5 Å². The third-order valence-corrected chi connectivity index (χ3v) is 16.6. The van der Waals surface area contributed by atoms with Gasteiger partial charge in [0.15, 0.2) is 14.1 Å². The van der Waals surface area contributed by atoms with Gasteiger partial charge in [0.05, 0.1) is 24.9 Å². The molecule has 0 spiro atoms.